The monoisotopic (exact) mass is 716 g/mol. The molecule has 2 atom stereocenters. The van der Waals surface area contributed by atoms with E-state index in [4.69, 9.17) is 0 Å². The minimum atomic E-state index is 0.244. The summed E-state index contributed by atoms with van der Waals surface area (Å²) in [5, 5.41) is 0. The molecule has 1 aliphatic carbocycles. The smallest absolute Gasteiger partial charge is 0.0629 e. The maximum absolute atomic E-state index is 2.52. The van der Waals surface area contributed by atoms with E-state index in [0.29, 0.717) is 5.92 Å². The van der Waals surface area contributed by atoms with Crippen molar-refractivity contribution in [3.8, 4) is 44.5 Å². The summed E-state index contributed by atoms with van der Waals surface area (Å²) in [6, 6.07) is 74.8. The molecule has 2 unspecified atom stereocenters. The highest BCUT2D eigenvalue weighted by atomic mass is 15.2. The molecule has 0 spiro atoms. The lowest BCUT2D eigenvalue weighted by Gasteiger charge is -2.29. The zero-order chi connectivity index (χ0) is 37.3. The second kappa shape index (κ2) is 14.6. The summed E-state index contributed by atoms with van der Waals surface area (Å²) in [5.74, 6) is 0.297. The van der Waals surface area contributed by atoms with Gasteiger partial charge in [0, 0.05) is 34.4 Å². The van der Waals surface area contributed by atoms with Crippen LogP contribution in [0.1, 0.15) is 11.5 Å². The van der Waals surface area contributed by atoms with Crippen LogP contribution in [0.5, 0.6) is 0 Å². The number of fused-ring (bicyclic) bond motifs is 3. The Morgan fingerprint density at radius 1 is 0.339 bits per heavy atom. The fourth-order valence-electron chi connectivity index (χ4n) is 8.40. The number of anilines is 5. The molecule has 8 aromatic carbocycles. The van der Waals surface area contributed by atoms with Crippen LogP contribution in [-0.2, 0) is 0 Å². The molecule has 0 radical (unpaired) electrons. The highest BCUT2D eigenvalue weighted by Gasteiger charge is 2.37. The Kier molecular flexibility index (Phi) is 8.70. The van der Waals surface area contributed by atoms with Crippen molar-refractivity contribution in [2.24, 2.45) is 0 Å². The molecule has 8 aromatic rings. The summed E-state index contributed by atoms with van der Waals surface area (Å²) < 4.78 is 0. The topological polar surface area (TPSA) is 6.48 Å². The second-order valence-corrected chi connectivity index (χ2v) is 14.6. The minimum absolute atomic E-state index is 0.244. The van der Waals surface area contributed by atoms with Crippen LogP contribution >= 0.6 is 0 Å². The van der Waals surface area contributed by atoms with Gasteiger partial charge in [-0.15, -0.1) is 0 Å². The summed E-state index contributed by atoms with van der Waals surface area (Å²) in [6.07, 6.45) is 9.10. The first kappa shape index (κ1) is 33.4. The molecule has 0 saturated carbocycles. The lowest BCUT2D eigenvalue weighted by Crippen LogP contribution is -2.28. The molecule has 0 aromatic heterocycles. The van der Waals surface area contributed by atoms with Crippen molar-refractivity contribution in [1.29, 1.82) is 0 Å². The Balaban J connectivity index is 0.918. The Labute approximate surface area is 329 Å². The van der Waals surface area contributed by atoms with Crippen molar-refractivity contribution in [2.45, 2.75) is 12.0 Å². The molecular weight excluding hydrogens is 677 g/mol. The quantitative estimate of drug-likeness (QED) is 0.154. The second-order valence-electron chi connectivity index (χ2n) is 14.6. The largest absolute Gasteiger partial charge is 0.333 e. The zero-order valence-corrected chi connectivity index (χ0v) is 31.0. The van der Waals surface area contributed by atoms with Crippen LogP contribution < -0.4 is 9.80 Å². The number of allylic oxidation sites excluding steroid dienone is 2. The van der Waals surface area contributed by atoms with Crippen LogP contribution in [0.2, 0.25) is 0 Å². The predicted octanol–water partition coefficient (Wildman–Crippen LogP) is 14.6. The maximum atomic E-state index is 2.52. The van der Waals surface area contributed by atoms with Crippen LogP contribution in [0.15, 0.2) is 231 Å². The van der Waals surface area contributed by atoms with E-state index < -0.39 is 0 Å². The fraction of sp³-hybridized carbons (Fsp3) is 0.0370. The average Bonchev–Trinajstić information content (AvgIpc) is 3.62. The van der Waals surface area contributed by atoms with Crippen LogP contribution in [0.25, 0.3) is 44.5 Å². The van der Waals surface area contributed by atoms with Gasteiger partial charge in [0.1, 0.15) is 0 Å². The van der Waals surface area contributed by atoms with E-state index in [2.05, 4.69) is 240 Å². The van der Waals surface area contributed by atoms with Crippen LogP contribution in [-0.4, -0.2) is 6.04 Å². The highest BCUT2D eigenvalue weighted by Crippen LogP contribution is 2.49. The number of hydrogen-bond donors (Lipinski definition) is 0. The summed E-state index contributed by atoms with van der Waals surface area (Å²) in [6.45, 7) is 0. The van der Waals surface area contributed by atoms with E-state index in [9.17, 15) is 0 Å². The third-order valence-corrected chi connectivity index (χ3v) is 11.2. The molecule has 0 bridgehead atoms. The van der Waals surface area contributed by atoms with Crippen molar-refractivity contribution in [3.63, 3.8) is 0 Å². The van der Waals surface area contributed by atoms with E-state index in [1.54, 1.807) is 0 Å². The van der Waals surface area contributed by atoms with Gasteiger partial charge in [0.25, 0.3) is 0 Å². The van der Waals surface area contributed by atoms with E-state index in [1.807, 2.05) is 0 Å². The minimum Gasteiger partial charge on any atom is -0.333 e. The van der Waals surface area contributed by atoms with E-state index in [-0.39, 0.29) is 6.04 Å². The molecule has 1 aliphatic heterocycles. The van der Waals surface area contributed by atoms with Gasteiger partial charge in [-0.3, -0.25) is 0 Å². The molecule has 0 saturated heterocycles. The molecule has 266 valence electrons. The molecule has 1 heterocycles. The van der Waals surface area contributed by atoms with Gasteiger partial charge in [0.2, 0.25) is 0 Å². The Morgan fingerprint density at radius 3 is 1.38 bits per heavy atom. The first-order chi connectivity index (χ1) is 27.8. The number of hydrogen-bond acceptors (Lipinski definition) is 2. The van der Waals surface area contributed by atoms with E-state index in [0.717, 1.165) is 17.1 Å². The van der Waals surface area contributed by atoms with Gasteiger partial charge in [0.05, 0.1) is 6.04 Å². The SMILES string of the molecule is C1=CC2c3cc(-c4ccc(-c5ccc(N(c6ccccc6)c6ccc(-c7ccccc7)cc6)cc5)cc4)ccc3N(c3cccc(-c4ccccc4)c3)C2C=C1. The summed E-state index contributed by atoms with van der Waals surface area (Å²) >= 11 is 0. The van der Waals surface area contributed by atoms with E-state index in [1.165, 1.54) is 61.4 Å². The van der Waals surface area contributed by atoms with Crippen molar-refractivity contribution in [1.82, 2.24) is 0 Å². The first-order valence-electron chi connectivity index (χ1n) is 19.4. The molecule has 2 nitrogen and oxygen atoms in total. The molecule has 2 aliphatic rings. The predicted molar refractivity (Wildman–Crippen MR) is 236 cm³/mol. The molecule has 0 N–H and O–H groups in total. The van der Waals surface area contributed by atoms with Crippen molar-refractivity contribution >= 4 is 28.4 Å². The highest BCUT2D eigenvalue weighted by molar-refractivity contribution is 5.83. The maximum Gasteiger partial charge on any atom is 0.0629 e. The first-order valence-corrected chi connectivity index (χ1v) is 19.4. The van der Waals surface area contributed by atoms with Crippen molar-refractivity contribution in [3.05, 3.63) is 236 Å². The molecule has 0 fully saturated rings. The average molecular weight is 717 g/mol. The fourth-order valence-corrected chi connectivity index (χ4v) is 8.40. The number of para-hydroxylation sites is 1. The molecule has 10 rings (SSSR count). The third-order valence-electron chi connectivity index (χ3n) is 11.2. The molecule has 0 amide bonds. The molecule has 56 heavy (non-hydrogen) atoms. The van der Waals surface area contributed by atoms with Gasteiger partial charge in [0.15, 0.2) is 0 Å². The summed E-state index contributed by atoms with van der Waals surface area (Å²) in [7, 11) is 0. The number of rotatable bonds is 8. The Bertz CT molecular complexity index is 2660. The summed E-state index contributed by atoms with van der Waals surface area (Å²) in [4.78, 5) is 4.83. The van der Waals surface area contributed by atoms with E-state index >= 15 is 0 Å². The van der Waals surface area contributed by atoms with Gasteiger partial charge in [-0.25, -0.2) is 0 Å². The van der Waals surface area contributed by atoms with Crippen LogP contribution in [0, 0.1) is 0 Å². The normalized spacial score (nSPS) is 15.3. The standard InChI is InChI=1S/C54H40N2/c1-4-13-39(14-5-1)42-27-32-48(33-28-42)55(47-18-8-3-9-19-47)49-34-29-43(30-35-49)41-23-25-44(26-24-41)46-31-36-54-52(38-46)51-21-10-11-22-53(51)56(54)50-20-12-17-45(37-50)40-15-6-2-7-16-40/h1-38,51,53H. The van der Waals surface area contributed by atoms with Gasteiger partial charge in [-0.1, -0.05) is 170 Å². The lowest BCUT2D eigenvalue weighted by atomic mass is 9.89. The van der Waals surface area contributed by atoms with Gasteiger partial charge in [-0.05, 0) is 111 Å². The Hall–Kier alpha value is -7.16. The number of benzene rings is 8. The lowest BCUT2D eigenvalue weighted by molar-refractivity contribution is 0.745. The Morgan fingerprint density at radius 2 is 0.768 bits per heavy atom. The van der Waals surface area contributed by atoms with Crippen LogP contribution in [0.3, 0.4) is 0 Å². The van der Waals surface area contributed by atoms with Gasteiger partial charge in [-0.2, -0.15) is 0 Å². The molecular formula is C54H40N2. The zero-order valence-electron chi connectivity index (χ0n) is 31.0. The van der Waals surface area contributed by atoms with Gasteiger partial charge < -0.3 is 9.80 Å². The molecule has 2 heteroatoms. The van der Waals surface area contributed by atoms with Gasteiger partial charge >= 0.3 is 0 Å². The third kappa shape index (κ3) is 6.32. The van der Waals surface area contributed by atoms with Crippen molar-refractivity contribution in [2.75, 3.05) is 9.80 Å². The van der Waals surface area contributed by atoms with Crippen LogP contribution in [0.4, 0.5) is 28.4 Å². The van der Waals surface area contributed by atoms with Crippen molar-refractivity contribution < 1.29 is 0 Å². The summed E-state index contributed by atoms with van der Waals surface area (Å²) in [5.41, 5.74) is 17.0. The number of nitrogens with zero attached hydrogens (tertiary/aromatic N) is 2.